The molecule has 0 radical (unpaired) electrons. The third kappa shape index (κ3) is 4.13. The van der Waals surface area contributed by atoms with Crippen LogP contribution in [-0.4, -0.2) is 64.4 Å². The number of carbonyl (C=O) groups is 3. The van der Waals surface area contributed by atoms with Crippen LogP contribution in [-0.2, 0) is 20.8 Å². The summed E-state index contributed by atoms with van der Waals surface area (Å²) in [4.78, 5) is 42.5. The van der Waals surface area contributed by atoms with Crippen molar-refractivity contribution in [2.24, 2.45) is 5.92 Å². The van der Waals surface area contributed by atoms with E-state index in [1.54, 1.807) is 11.9 Å². The summed E-state index contributed by atoms with van der Waals surface area (Å²) in [6, 6.07) is 7.85. The first-order valence-electron chi connectivity index (χ1n) is 9.17. The van der Waals surface area contributed by atoms with Gasteiger partial charge in [-0.05, 0) is 31.4 Å². The molecule has 0 unspecified atom stereocenters. The highest BCUT2D eigenvalue weighted by atomic mass is 16.4. The lowest BCUT2D eigenvalue weighted by Crippen LogP contribution is -2.45. The third-order valence-corrected chi connectivity index (χ3v) is 5.35. The molecule has 1 aliphatic heterocycles. The summed E-state index contributed by atoms with van der Waals surface area (Å²) in [7, 11) is 1.63. The van der Waals surface area contributed by atoms with Gasteiger partial charge in [0.05, 0.1) is 18.9 Å². The standard InChI is InChI=1S/C20H25N3O4/c1-13-16(15-5-3-4-6-17(15)21-13)11-18(24)22(2)12-19(25)23-9-7-14(8-10-23)20(26)27/h3-6,14,21H,7-12H2,1-2H3,(H,26,27). The number of rotatable bonds is 5. The summed E-state index contributed by atoms with van der Waals surface area (Å²) in [5.41, 5.74) is 2.91. The number of nitrogens with zero attached hydrogens (tertiary/aromatic N) is 2. The van der Waals surface area contributed by atoms with E-state index in [4.69, 9.17) is 5.11 Å². The Kier molecular flexibility index (Phi) is 5.48. The van der Waals surface area contributed by atoms with E-state index in [9.17, 15) is 14.4 Å². The number of hydrogen-bond acceptors (Lipinski definition) is 3. The predicted molar refractivity (Wildman–Crippen MR) is 101 cm³/mol. The smallest absolute Gasteiger partial charge is 0.306 e. The molecule has 2 aromatic rings. The van der Waals surface area contributed by atoms with Gasteiger partial charge in [-0.3, -0.25) is 14.4 Å². The second-order valence-electron chi connectivity index (χ2n) is 7.19. The van der Waals surface area contributed by atoms with E-state index >= 15 is 0 Å². The monoisotopic (exact) mass is 371 g/mol. The minimum Gasteiger partial charge on any atom is -0.481 e. The second-order valence-corrected chi connectivity index (χ2v) is 7.19. The number of hydrogen-bond donors (Lipinski definition) is 2. The van der Waals surface area contributed by atoms with Gasteiger partial charge >= 0.3 is 5.97 Å². The zero-order valence-corrected chi connectivity index (χ0v) is 15.7. The molecule has 2 heterocycles. The van der Waals surface area contributed by atoms with Crippen molar-refractivity contribution in [1.29, 1.82) is 0 Å². The number of carboxylic acid groups (broad SMARTS) is 1. The normalized spacial score (nSPS) is 15.1. The first kappa shape index (κ1) is 18.9. The molecular weight excluding hydrogens is 346 g/mol. The Morgan fingerprint density at radius 1 is 1.22 bits per heavy atom. The maximum atomic E-state index is 12.6. The summed E-state index contributed by atoms with van der Waals surface area (Å²) < 4.78 is 0. The summed E-state index contributed by atoms with van der Waals surface area (Å²) >= 11 is 0. The van der Waals surface area contributed by atoms with Crippen molar-refractivity contribution >= 4 is 28.7 Å². The molecule has 2 amide bonds. The Hall–Kier alpha value is -2.83. The van der Waals surface area contributed by atoms with Gasteiger partial charge in [0.2, 0.25) is 11.8 Å². The maximum Gasteiger partial charge on any atom is 0.306 e. The van der Waals surface area contributed by atoms with Crippen LogP contribution in [0.4, 0.5) is 0 Å². The number of amides is 2. The van der Waals surface area contributed by atoms with Crippen LogP contribution < -0.4 is 0 Å². The highest BCUT2D eigenvalue weighted by molar-refractivity contribution is 5.91. The van der Waals surface area contributed by atoms with Crippen molar-refractivity contribution in [1.82, 2.24) is 14.8 Å². The average molecular weight is 371 g/mol. The number of aromatic amines is 1. The van der Waals surface area contributed by atoms with Crippen LogP contribution in [0.2, 0.25) is 0 Å². The van der Waals surface area contributed by atoms with Crippen molar-refractivity contribution in [3.63, 3.8) is 0 Å². The lowest BCUT2D eigenvalue weighted by atomic mass is 9.97. The molecule has 1 fully saturated rings. The molecule has 3 rings (SSSR count). The third-order valence-electron chi connectivity index (χ3n) is 5.35. The molecule has 1 saturated heterocycles. The number of aromatic nitrogens is 1. The Labute approximate surface area is 157 Å². The van der Waals surface area contributed by atoms with E-state index in [-0.39, 0.29) is 30.7 Å². The van der Waals surface area contributed by atoms with Gasteiger partial charge < -0.3 is 19.9 Å². The lowest BCUT2D eigenvalue weighted by molar-refractivity contribution is -0.146. The van der Waals surface area contributed by atoms with E-state index in [0.717, 1.165) is 22.2 Å². The first-order chi connectivity index (χ1) is 12.9. The van der Waals surface area contributed by atoms with Gasteiger partial charge in [0, 0.05) is 36.7 Å². The number of likely N-dealkylation sites (tertiary alicyclic amines) is 1. The molecule has 0 spiro atoms. The number of piperidine rings is 1. The highest BCUT2D eigenvalue weighted by Crippen LogP contribution is 2.23. The van der Waals surface area contributed by atoms with Crippen molar-refractivity contribution in [3.8, 4) is 0 Å². The fourth-order valence-electron chi connectivity index (χ4n) is 3.62. The maximum absolute atomic E-state index is 12.6. The fourth-order valence-corrected chi connectivity index (χ4v) is 3.62. The minimum atomic E-state index is -0.802. The number of benzene rings is 1. The Morgan fingerprint density at radius 3 is 2.56 bits per heavy atom. The van der Waals surface area contributed by atoms with Gasteiger partial charge in [-0.25, -0.2) is 0 Å². The molecule has 27 heavy (non-hydrogen) atoms. The molecule has 1 aromatic heterocycles. The summed E-state index contributed by atoms with van der Waals surface area (Å²) in [6.45, 7) is 2.82. The van der Waals surface area contributed by atoms with Crippen LogP contribution >= 0.6 is 0 Å². The van der Waals surface area contributed by atoms with Gasteiger partial charge in [-0.2, -0.15) is 0 Å². The quantitative estimate of drug-likeness (QED) is 0.838. The van der Waals surface area contributed by atoms with E-state index in [1.165, 1.54) is 4.90 Å². The predicted octanol–water partition coefficient (Wildman–Crippen LogP) is 1.80. The Balaban J connectivity index is 1.58. The largest absolute Gasteiger partial charge is 0.481 e. The van der Waals surface area contributed by atoms with Crippen LogP contribution in [0, 0.1) is 12.8 Å². The molecule has 0 aliphatic carbocycles. The minimum absolute atomic E-state index is 0.0119. The SMILES string of the molecule is Cc1[nH]c2ccccc2c1CC(=O)N(C)CC(=O)N1CCC(C(=O)O)CC1. The van der Waals surface area contributed by atoms with Crippen LogP contribution in [0.5, 0.6) is 0 Å². The van der Waals surface area contributed by atoms with Crippen molar-refractivity contribution in [2.75, 3.05) is 26.7 Å². The molecule has 7 heteroatoms. The molecule has 1 aromatic carbocycles. The topological polar surface area (TPSA) is 93.7 Å². The number of carbonyl (C=O) groups excluding carboxylic acids is 2. The molecule has 0 atom stereocenters. The van der Waals surface area contributed by atoms with Gasteiger partial charge in [0.1, 0.15) is 0 Å². The van der Waals surface area contributed by atoms with Crippen LogP contribution in [0.3, 0.4) is 0 Å². The number of H-pyrrole nitrogens is 1. The van der Waals surface area contributed by atoms with E-state index in [0.29, 0.717) is 25.9 Å². The second kappa shape index (κ2) is 7.82. The number of aryl methyl sites for hydroxylation is 1. The lowest BCUT2D eigenvalue weighted by Gasteiger charge is -2.31. The zero-order valence-electron chi connectivity index (χ0n) is 15.7. The van der Waals surface area contributed by atoms with E-state index in [1.807, 2.05) is 31.2 Å². The highest BCUT2D eigenvalue weighted by Gasteiger charge is 2.28. The van der Waals surface area contributed by atoms with Crippen molar-refractivity contribution in [2.45, 2.75) is 26.2 Å². The van der Waals surface area contributed by atoms with Gasteiger partial charge in [-0.15, -0.1) is 0 Å². The Bertz CT molecular complexity index is 865. The van der Waals surface area contributed by atoms with Crippen molar-refractivity contribution < 1.29 is 19.5 Å². The van der Waals surface area contributed by atoms with Crippen molar-refractivity contribution in [3.05, 3.63) is 35.5 Å². The molecule has 2 N–H and O–H groups in total. The molecule has 7 nitrogen and oxygen atoms in total. The molecule has 0 saturated carbocycles. The van der Waals surface area contributed by atoms with Crippen LogP contribution in [0.1, 0.15) is 24.1 Å². The first-order valence-corrected chi connectivity index (χ1v) is 9.17. The molecule has 1 aliphatic rings. The average Bonchev–Trinajstić information content (AvgIpc) is 2.97. The summed E-state index contributed by atoms with van der Waals surface area (Å²) in [5, 5.41) is 10.1. The number of para-hydroxylation sites is 1. The summed E-state index contributed by atoms with van der Waals surface area (Å²) in [5.74, 6) is -1.43. The number of nitrogens with one attached hydrogen (secondary N) is 1. The fraction of sp³-hybridized carbons (Fsp3) is 0.450. The van der Waals surface area contributed by atoms with Crippen LogP contribution in [0.15, 0.2) is 24.3 Å². The molecule has 0 bridgehead atoms. The molecular formula is C20H25N3O4. The van der Waals surface area contributed by atoms with E-state index < -0.39 is 5.97 Å². The van der Waals surface area contributed by atoms with Crippen LogP contribution in [0.25, 0.3) is 10.9 Å². The number of aliphatic carboxylic acids is 1. The molecule has 144 valence electrons. The van der Waals surface area contributed by atoms with Gasteiger partial charge in [0.15, 0.2) is 0 Å². The Morgan fingerprint density at radius 2 is 1.89 bits per heavy atom. The number of carboxylic acids is 1. The summed E-state index contributed by atoms with van der Waals surface area (Å²) in [6.07, 6.45) is 1.17. The van der Waals surface area contributed by atoms with Gasteiger partial charge in [0.25, 0.3) is 0 Å². The van der Waals surface area contributed by atoms with E-state index in [2.05, 4.69) is 4.98 Å². The number of fused-ring (bicyclic) bond motifs is 1. The number of likely N-dealkylation sites (N-methyl/N-ethyl adjacent to an activating group) is 1. The van der Waals surface area contributed by atoms with Gasteiger partial charge in [-0.1, -0.05) is 18.2 Å². The zero-order chi connectivity index (χ0) is 19.6.